The van der Waals surface area contributed by atoms with E-state index in [2.05, 4.69) is 11.8 Å². The van der Waals surface area contributed by atoms with Crippen molar-refractivity contribution in [1.82, 2.24) is 9.80 Å². The highest BCUT2D eigenvalue weighted by molar-refractivity contribution is 5.82. The van der Waals surface area contributed by atoms with Crippen LogP contribution in [-0.4, -0.2) is 47.9 Å². The van der Waals surface area contributed by atoms with Crippen molar-refractivity contribution in [3.63, 3.8) is 0 Å². The molecule has 1 aromatic rings. The zero-order valence-electron chi connectivity index (χ0n) is 11.0. The Hall–Kier alpha value is -1.33. The number of furan rings is 1. The molecule has 1 aliphatic rings. The molecule has 1 aromatic heterocycles. The van der Waals surface area contributed by atoms with Crippen molar-refractivity contribution in [3.8, 4) is 0 Å². The zero-order valence-corrected chi connectivity index (χ0v) is 11.0. The van der Waals surface area contributed by atoms with Crippen molar-refractivity contribution in [2.24, 2.45) is 5.73 Å². The molecule has 1 saturated heterocycles. The van der Waals surface area contributed by atoms with Crippen molar-refractivity contribution in [2.45, 2.75) is 32.0 Å². The van der Waals surface area contributed by atoms with Gasteiger partial charge in [-0.25, -0.2) is 0 Å². The second kappa shape index (κ2) is 5.54. The second-order valence-corrected chi connectivity index (χ2v) is 4.89. The number of nitrogens with zero attached hydrogens (tertiary/aromatic N) is 2. The second-order valence-electron chi connectivity index (χ2n) is 4.89. The molecule has 5 nitrogen and oxygen atoms in total. The Morgan fingerprint density at radius 2 is 2.33 bits per heavy atom. The molecule has 2 unspecified atom stereocenters. The summed E-state index contributed by atoms with van der Waals surface area (Å²) in [7, 11) is 1.97. The Labute approximate surface area is 108 Å². The fourth-order valence-electron chi connectivity index (χ4n) is 2.36. The standard InChI is InChI=1S/C13H21N3O2/c1-10-5-6-16(9-11-4-3-7-18-11)13(17)12(8-14)15(10)2/h3-4,7,10,12H,5-6,8-9,14H2,1-2H3. The van der Waals surface area contributed by atoms with Crippen LogP contribution in [0.2, 0.25) is 0 Å². The lowest BCUT2D eigenvalue weighted by atomic mass is 10.2. The lowest BCUT2D eigenvalue weighted by Gasteiger charge is -2.29. The Morgan fingerprint density at radius 1 is 1.56 bits per heavy atom. The Balaban J connectivity index is 2.13. The molecular formula is C13H21N3O2. The molecular weight excluding hydrogens is 230 g/mol. The summed E-state index contributed by atoms with van der Waals surface area (Å²) in [6.07, 6.45) is 2.59. The predicted molar refractivity (Wildman–Crippen MR) is 68.8 cm³/mol. The van der Waals surface area contributed by atoms with E-state index in [1.165, 1.54) is 0 Å². The number of hydrogen-bond donors (Lipinski definition) is 1. The van der Waals surface area contributed by atoms with E-state index < -0.39 is 0 Å². The highest BCUT2D eigenvalue weighted by Crippen LogP contribution is 2.17. The maximum Gasteiger partial charge on any atom is 0.241 e. The zero-order chi connectivity index (χ0) is 13.1. The maximum absolute atomic E-state index is 12.4. The third-order valence-corrected chi connectivity index (χ3v) is 3.75. The highest BCUT2D eigenvalue weighted by Gasteiger charge is 2.33. The van der Waals surface area contributed by atoms with Gasteiger partial charge >= 0.3 is 0 Å². The molecule has 0 spiro atoms. The lowest BCUT2D eigenvalue weighted by molar-refractivity contribution is -0.135. The van der Waals surface area contributed by atoms with Gasteiger partial charge in [-0.1, -0.05) is 0 Å². The highest BCUT2D eigenvalue weighted by atomic mass is 16.3. The molecule has 2 atom stereocenters. The van der Waals surface area contributed by atoms with Gasteiger partial charge in [0.2, 0.25) is 5.91 Å². The minimum absolute atomic E-state index is 0.0979. The first kappa shape index (κ1) is 13.1. The van der Waals surface area contributed by atoms with Gasteiger partial charge in [0.1, 0.15) is 11.8 Å². The first-order valence-corrected chi connectivity index (χ1v) is 6.36. The van der Waals surface area contributed by atoms with Crippen molar-refractivity contribution in [3.05, 3.63) is 24.2 Å². The van der Waals surface area contributed by atoms with Gasteiger partial charge in [-0.2, -0.15) is 0 Å². The van der Waals surface area contributed by atoms with E-state index in [0.717, 1.165) is 18.7 Å². The molecule has 0 radical (unpaired) electrons. The number of rotatable bonds is 3. The molecule has 0 aliphatic carbocycles. The Morgan fingerprint density at radius 3 is 2.94 bits per heavy atom. The van der Waals surface area contributed by atoms with Crippen LogP contribution in [0.15, 0.2) is 22.8 Å². The molecule has 0 bridgehead atoms. The van der Waals surface area contributed by atoms with Gasteiger partial charge < -0.3 is 15.1 Å². The Kier molecular flexibility index (Phi) is 4.04. The lowest BCUT2D eigenvalue weighted by Crippen LogP contribution is -2.50. The van der Waals surface area contributed by atoms with E-state index in [4.69, 9.17) is 10.2 Å². The monoisotopic (exact) mass is 251 g/mol. The van der Waals surface area contributed by atoms with Crippen LogP contribution in [0.1, 0.15) is 19.1 Å². The summed E-state index contributed by atoms with van der Waals surface area (Å²) >= 11 is 0. The SMILES string of the molecule is CC1CCN(Cc2ccco2)C(=O)C(CN)N1C. The smallest absolute Gasteiger partial charge is 0.241 e. The molecule has 5 heteroatoms. The van der Waals surface area contributed by atoms with Crippen molar-refractivity contribution in [1.29, 1.82) is 0 Å². The molecule has 1 aliphatic heterocycles. The van der Waals surface area contributed by atoms with E-state index in [1.807, 2.05) is 24.1 Å². The first-order chi connectivity index (χ1) is 8.63. The molecule has 2 N–H and O–H groups in total. The number of amides is 1. The quantitative estimate of drug-likeness (QED) is 0.857. The summed E-state index contributed by atoms with van der Waals surface area (Å²) in [6.45, 7) is 3.77. The normalized spacial score (nSPS) is 26.4. The van der Waals surface area contributed by atoms with Crippen LogP contribution in [0.4, 0.5) is 0 Å². The average Bonchev–Trinajstić information content (AvgIpc) is 2.83. The van der Waals surface area contributed by atoms with Gasteiger partial charge in [-0.05, 0) is 32.5 Å². The van der Waals surface area contributed by atoms with E-state index in [0.29, 0.717) is 19.1 Å². The average molecular weight is 251 g/mol. The summed E-state index contributed by atoms with van der Waals surface area (Å²) in [6, 6.07) is 3.87. The third-order valence-electron chi connectivity index (χ3n) is 3.75. The van der Waals surface area contributed by atoms with Crippen LogP contribution < -0.4 is 5.73 Å². The molecule has 0 aromatic carbocycles. The fraction of sp³-hybridized carbons (Fsp3) is 0.615. The molecule has 100 valence electrons. The fourth-order valence-corrected chi connectivity index (χ4v) is 2.36. The summed E-state index contributed by atoms with van der Waals surface area (Å²) in [5, 5.41) is 0. The van der Waals surface area contributed by atoms with Gasteiger partial charge in [0.15, 0.2) is 0 Å². The van der Waals surface area contributed by atoms with Crippen LogP contribution in [0.25, 0.3) is 0 Å². The number of carbonyl (C=O) groups excluding carboxylic acids is 1. The number of likely N-dealkylation sites (N-methyl/N-ethyl adjacent to an activating group) is 1. The minimum atomic E-state index is -0.225. The van der Waals surface area contributed by atoms with Gasteiger partial charge in [0, 0.05) is 19.1 Å². The molecule has 2 heterocycles. The van der Waals surface area contributed by atoms with Gasteiger partial charge in [0.05, 0.1) is 12.8 Å². The summed E-state index contributed by atoms with van der Waals surface area (Å²) in [5.74, 6) is 0.914. The van der Waals surface area contributed by atoms with E-state index in [-0.39, 0.29) is 11.9 Å². The van der Waals surface area contributed by atoms with Gasteiger partial charge in [0.25, 0.3) is 0 Å². The first-order valence-electron chi connectivity index (χ1n) is 6.36. The molecule has 1 amide bonds. The number of carbonyl (C=O) groups is 1. The Bertz CT molecular complexity index is 391. The van der Waals surface area contributed by atoms with E-state index in [1.54, 1.807) is 6.26 Å². The van der Waals surface area contributed by atoms with Gasteiger partial charge in [-0.15, -0.1) is 0 Å². The number of nitrogens with two attached hydrogens (primary N) is 1. The molecule has 18 heavy (non-hydrogen) atoms. The summed E-state index contributed by atoms with van der Waals surface area (Å²) in [4.78, 5) is 16.3. The van der Waals surface area contributed by atoms with Crippen LogP contribution in [0, 0.1) is 0 Å². The van der Waals surface area contributed by atoms with Crippen molar-refractivity contribution < 1.29 is 9.21 Å². The van der Waals surface area contributed by atoms with Gasteiger partial charge in [-0.3, -0.25) is 9.69 Å². The van der Waals surface area contributed by atoms with Crippen LogP contribution in [0.5, 0.6) is 0 Å². The molecule has 1 fully saturated rings. The van der Waals surface area contributed by atoms with Crippen LogP contribution >= 0.6 is 0 Å². The van der Waals surface area contributed by atoms with E-state index >= 15 is 0 Å². The molecule has 2 rings (SSSR count). The van der Waals surface area contributed by atoms with Crippen molar-refractivity contribution in [2.75, 3.05) is 20.1 Å². The summed E-state index contributed by atoms with van der Waals surface area (Å²) < 4.78 is 5.31. The largest absolute Gasteiger partial charge is 0.467 e. The molecule has 0 saturated carbocycles. The topological polar surface area (TPSA) is 62.7 Å². The predicted octanol–water partition coefficient (Wildman–Crippen LogP) is 0.660. The summed E-state index contributed by atoms with van der Waals surface area (Å²) in [5.41, 5.74) is 5.74. The van der Waals surface area contributed by atoms with Crippen LogP contribution in [-0.2, 0) is 11.3 Å². The van der Waals surface area contributed by atoms with E-state index in [9.17, 15) is 4.79 Å². The minimum Gasteiger partial charge on any atom is -0.467 e. The number of hydrogen-bond acceptors (Lipinski definition) is 4. The third kappa shape index (κ3) is 2.57. The van der Waals surface area contributed by atoms with Crippen molar-refractivity contribution >= 4 is 5.91 Å². The van der Waals surface area contributed by atoms with Crippen LogP contribution in [0.3, 0.4) is 0 Å². The maximum atomic E-state index is 12.4.